The molecule has 1 fully saturated rings. The minimum absolute atomic E-state index is 0.152. The van der Waals surface area contributed by atoms with Crippen molar-refractivity contribution < 1.29 is 31.7 Å². The molecular formula is C27H36N2O7S. The molecule has 1 N–H and O–H groups in total. The number of hydrogen-bond acceptors (Lipinski definition) is 7. The van der Waals surface area contributed by atoms with Crippen LogP contribution in [0.5, 0.6) is 0 Å². The Morgan fingerprint density at radius 1 is 1.00 bits per heavy atom. The molecular weight excluding hydrogens is 496 g/mol. The summed E-state index contributed by atoms with van der Waals surface area (Å²) >= 11 is 0. The molecule has 202 valence electrons. The molecule has 2 atom stereocenters. The highest BCUT2D eigenvalue weighted by Gasteiger charge is 2.49. The van der Waals surface area contributed by atoms with Crippen LogP contribution in [0.3, 0.4) is 0 Å². The lowest BCUT2D eigenvalue weighted by Gasteiger charge is -2.43. The quantitative estimate of drug-likeness (QED) is 0.512. The summed E-state index contributed by atoms with van der Waals surface area (Å²) in [5.74, 6) is 0. The SMILES string of the molecule is CC(C)(C)OC(=O)N1[C@H](c2ccccc2)C[C@H](C(C)(C)CCNC(=O)OCc2ccccc2)OS1(=O)=O. The molecule has 0 unspecified atom stereocenters. The molecule has 0 bridgehead atoms. The predicted octanol–water partition coefficient (Wildman–Crippen LogP) is 5.34. The van der Waals surface area contributed by atoms with Crippen LogP contribution in [0.25, 0.3) is 0 Å². The zero-order valence-electron chi connectivity index (χ0n) is 22.0. The smallest absolute Gasteiger partial charge is 0.426 e. The second-order valence-corrected chi connectivity index (χ2v) is 12.1. The van der Waals surface area contributed by atoms with E-state index in [1.54, 1.807) is 45.0 Å². The van der Waals surface area contributed by atoms with Crippen LogP contribution in [0.4, 0.5) is 9.59 Å². The van der Waals surface area contributed by atoms with Crippen LogP contribution in [0, 0.1) is 5.41 Å². The van der Waals surface area contributed by atoms with E-state index in [-0.39, 0.29) is 19.6 Å². The Hall–Kier alpha value is -3.11. The van der Waals surface area contributed by atoms with Crippen molar-refractivity contribution in [2.75, 3.05) is 6.54 Å². The molecule has 1 heterocycles. The van der Waals surface area contributed by atoms with E-state index in [0.29, 0.717) is 16.3 Å². The van der Waals surface area contributed by atoms with Crippen LogP contribution in [-0.4, -0.2) is 43.2 Å². The molecule has 0 saturated carbocycles. The first-order valence-electron chi connectivity index (χ1n) is 12.2. The third kappa shape index (κ3) is 7.93. The normalized spacial score (nSPS) is 19.6. The van der Waals surface area contributed by atoms with E-state index in [1.165, 1.54) is 0 Å². The van der Waals surface area contributed by atoms with Gasteiger partial charge in [0.2, 0.25) is 0 Å². The molecule has 1 aliphatic heterocycles. The lowest BCUT2D eigenvalue weighted by molar-refractivity contribution is -0.00786. The summed E-state index contributed by atoms with van der Waals surface area (Å²) in [7, 11) is -4.46. The number of nitrogens with zero attached hydrogens (tertiary/aromatic N) is 1. The van der Waals surface area contributed by atoms with Gasteiger partial charge in [-0.25, -0.2) is 13.8 Å². The van der Waals surface area contributed by atoms with Gasteiger partial charge in [0, 0.05) is 13.0 Å². The number of ether oxygens (including phenoxy) is 2. The number of carbonyl (C=O) groups is 2. The highest BCUT2D eigenvalue weighted by atomic mass is 32.2. The van der Waals surface area contributed by atoms with E-state index in [0.717, 1.165) is 5.56 Å². The van der Waals surface area contributed by atoms with Gasteiger partial charge >= 0.3 is 22.5 Å². The summed E-state index contributed by atoms with van der Waals surface area (Å²) in [4.78, 5) is 25.1. The zero-order valence-corrected chi connectivity index (χ0v) is 22.8. The minimum Gasteiger partial charge on any atom is -0.445 e. The Labute approximate surface area is 219 Å². The van der Waals surface area contributed by atoms with E-state index in [1.807, 2.05) is 50.2 Å². The number of benzene rings is 2. The Morgan fingerprint density at radius 2 is 1.59 bits per heavy atom. The number of carbonyl (C=O) groups excluding carboxylic acids is 2. The Kier molecular flexibility index (Phi) is 8.86. The molecule has 0 aromatic heterocycles. The monoisotopic (exact) mass is 532 g/mol. The van der Waals surface area contributed by atoms with Gasteiger partial charge in [0.1, 0.15) is 12.2 Å². The fraction of sp³-hybridized carbons (Fsp3) is 0.481. The number of alkyl carbamates (subject to hydrolysis) is 1. The lowest BCUT2D eigenvalue weighted by Crippen LogP contribution is -2.52. The zero-order chi connectivity index (χ0) is 27.3. The fourth-order valence-corrected chi connectivity index (χ4v) is 5.49. The third-order valence-electron chi connectivity index (χ3n) is 6.08. The first-order chi connectivity index (χ1) is 17.3. The van der Waals surface area contributed by atoms with Crippen molar-refractivity contribution in [1.29, 1.82) is 0 Å². The van der Waals surface area contributed by atoms with Crippen molar-refractivity contribution in [3.63, 3.8) is 0 Å². The van der Waals surface area contributed by atoms with Crippen LogP contribution in [-0.2, 0) is 30.6 Å². The van der Waals surface area contributed by atoms with Gasteiger partial charge in [-0.3, -0.25) is 0 Å². The van der Waals surface area contributed by atoms with Crippen molar-refractivity contribution in [3.8, 4) is 0 Å². The molecule has 2 aromatic rings. The van der Waals surface area contributed by atoms with Crippen LogP contribution in [0.2, 0.25) is 0 Å². The predicted molar refractivity (Wildman–Crippen MR) is 139 cm³/mol. The van der Waals surface area contributed by atoms with Gasteiger partial charge in [0.15, 0.2) is 0 Å². The van der Waals surface area contributed by atoms with Gasteiger partial charge in [-0.2, -0.15) is 12.7 Å². The van der Waals surface area contributed by atoms with Crippen molar-refractivity contribution >= 4 is 22.5 Å². The summed E-state index contributed by atoms with van der Waals surface area (Å²) < 4.78 is 43.4. The number of hydrogen-bond donors (Lipinski definition) is 1. The fourth-order valence-electron chi connectivity index (χ4n) is 4.03. The first-order valence-corrected chi connectivity index (χ1v) is 13.6. The average molecular weight is 533 g/mol. The maximum Gasteiger partial charge on any atom is 0.426 e. The summed E-state index contributed by atoms with van der Waals surface area (Å²) in [6.07, 6.45) is -1.64. The van der Waals surface area contributed by atoms with E-state index >= 15 is 0 Å². The maximum absolute atomic E-state index is 13.3. The highest BCUT2D eigenvalue weighted by Crippen LogP contribution is 2.43. The number of rotatable bonds is 7. The van der Waals surface area contributed by atoms with E-state index in [2.05, 4.69) is 5.32 Å². The maximum atomic E-state index is 13.3. The van der Waals surface area contributed by atoms with Gasteiger partial charge in [-0.05, 0) is 43.7 Å². The molecule has 9 nitrogen and oxygen atoms in total. The van der Waals surface area contributed by atoms with Gasteiger partial charge in [0.25, 0.3) is 0 Å². The second kappa shape index (κ2) is 11.5. The highest BCUT2D eigenvalue weighted by molar-refractivity contribution is 7.85. The minimum atomic E-state index is -4.46. The van der Waals surface area contributed by atoms with E-state index < -0.39 is 45.7 Å². The van der Waals surface area contributed by atoms with Crippen molar-refractivity contribution in [2.45, 2.75) is 71.8 Å². The molecule has 0 radical (unpaired) electrons. The van der Waals surface area contributed by atoms with Crippen LogP contribution in [0.1, 0.15) is 64.6 Å². The van der Waals surface area contributed by atoms with E-state index in [4.69, 9.17) is 13.7 Å². The molecule has 2 amide bonds. The summed E-state index contributed by atoms with van der Waals surface area (Å²) in [6.45, 7) is 9.16. The molecule has 0 aliphatic carbocycles. The Balaban J connectivity index is 1.69. The molecule has 37 heavy (non-hydrogen) atoms. The Bertz CT molecular complexity index is 1160. The molecule has 0 spiro atoms. The summed E-state index contributed by atoms with van der Waals surface area (Å²) in [5, 5.41) is 2.71. The van der Waals surface area contributed by atoms with Crippen LogP contribution in [0.15, 0.2) is 60.7 Å². The van der Waals surface area contributed by atoms with Crippen LogP contribution < -0.4 is 5.32 Å². The third-order valence-corrected chi connectivity index (χ3v) is 7.44. The Morgan fingerprint density at radius 3 is 2.19 bits per heavy atom. The topological polar surface area (TPSA) is 111 Å². The van der Waals surface area contributed by atoms with Crippen molar-refractivity contribution in [1.82, 2.24) is 9.62 Å². The van der Waals surface area contributed by atoms with Gasteiger partial charge in [-0.1, -0.05) is 74.5 Å². The molecule has 10 heteroatoms. The summed E-state index contributed by atoms with van der Waals surface area (Å²) in [6, 6.07) is 17.5. The number of nitrogens with one attached hydrogen (secondary N) is 1. The van der Waals surface area contributed by atoms with Crippen LogP contribution >= 0.6 is 0 Å². The average Bonchev–Trinajstić information content (AvgIpc) is 2.81. The molecule has 1 aliphatic rings. The van der Waals surface area contributed by atoms with Crippen molar-refractivity contribution in [3.05, 3.63) is 71.8 Å². The molecule has 1 saturated heterocycles. The van der Waals surface area contributed by atoms with Gasteiger partial charge in [-0.15, -0.1) is 0 Å². The van der Waals surface area contributed by atoms with Gasteiger partial charge < -0.3 is 14.8 Å². The lowest BCUT2D eigenvalue weighted by atomic mass is 9.79. The summed E-state index contributed by atoms with van der Waals surface area (Å²) in [5.41, 5.74) is -0.0126. The number of amides is 2. The molecule has 3 rings (SSSR count). The van der Waals surface area contributed by atoms with E-state index in [9.17, 15) is 18.0 Å². The van der Waals surface area contributed by atoms with Gasteiger partial charge in [0.05, 0.1) is 12.1 Å². The molecule has 2 aromatic carbocycles. The first kappa shape index (κ1) is 28.5. The second-order valence-electron chi connectivity index (χ2n) is 10.7. The standard InChI is InChI=1S/C27H36N2O7S/c1-26(2,3)35-25(31)29-22(21-14-10-7-11-15-21)18-23(36-37(29,32)33)27(4,5)16-17-28-24(30)34-19-20-12-8-6-9-13-20/h6-15,22-23H,16-19H2,1-5H3,(H,28,30)/t22-,23+/m0/s1. The largest absolute Gasteiger partial charge is 0.445 e. The van der Waals surface area contributed by atoms with Crippen molar-refractivity contribution in [2.24, 2.45) is 5.41 Å².